The first kappa shape index (κ1) is 15.9. The minimum atomic E-state index is -0.252. The molecule has 0 unspecified atom stereocenters. The van der Waals surface area contributed by atoms with Gasteiger partial charge in [-0.3, -0.25) is 4.99 Å². The fourth-order valence-corrected chi connectivity index (χ4v) is 2.01. The van der Waals surface area contributed by atoms with Crippen LogP contribution in [-0.2, 0) is 13.1 Å². The van der Waals surface area contributed by atoms with E-state index in [4.69, 9.17) is 0 Å². The van der Waals surface area contributed by atoms with Crippen molar-refractivity contribution in [1.29, 1.82) is 0 Å². The number of benzene rings is 2. The number of hydrogen-bond acceptors (Lipinski definition) is 1. The van der Waals surface area contributed by atoms with E-state index in [2.05, 4.69) is 15.6 Å². The van der Waals surface area contributed by atoms with Crippen molar-refractivity contribution in [3.63, 3.8) is 0 Å². The highest BCUT2D eigenvalue weighted by Crippen LogP contribution is 2.08. The van der Waals surface area contributed by atoms with Crippen LogP contribution in [0, 0.1) is 18.6 Å². The van der Waals surface area contributed by atoms with Gasteiger partial charge in [0, 0.05) is 20.1 Å². The van der Waals surface area contributed by atoms with E-state index in [1.807, 2.05) is 0 Å². The van der Waals surface area contributed by atoms with Crippen LogP contribution in [0.4, 0.5) is 8.78 Å². The van der Waals surface area contributed by atoms with E-state index in [-0.39, 0.29) is 11.6 Å². The van der Waals surface area contributed by atoms with E-state index >= 15 is 0 Å². The van der Waals surface area contributed by atoms with Crippen LogP contribution < -0.4 is 10.6 Å². The number of guanidine groups is 1. The lowest BCUT2D eigenvalue weighted by Crippen LogP contribution is -2.36. The first-order chi connectivity index (χ1) is 10.6. The van der Waals surface area contributed by atoms with Gasteiger partial charge < -0.3 is 10.6 Å². The highest BCUT2D eigenvalue weighted by Gasteiger charge is 2.02. The van der Waals surface area contributed by atoms with Crippen molar-refractivity contribution in [3.8, 4) is 0 Å². The van der Waals surface area contributed by atoms with Crippen molar-refractivity contribution in [3.05, 3.63) is 70.8 Å². The molecule has 0 saturated carbocycles. The molecule has 2 rings (SSSR count). The quantitative estimate of drug-likeness (QED) is 0.672. The van der Waals surface area contributed by atoms with E-state index in [1.165, 1.54) is 18.2 Å². The van der Waals surface area contributed by atoms with E-state index in [0.717, 1.165) is 11.1 Å². The second-order valence-electron chi connectivity index (χ2n) is 4.99. The predicted molar refractivity (Wildman–Crippen MR) is 84.6 cm³/mol. The molecule has 116 valence electrons. The largest absolute Gasteiger partial charge is 0.352 e. The summed E-state index contributed by atoms with van der Waals surface area (Å²) in [5.41, 5.74) is 2.55. The Balaban J connectivity index is 1.87. The lowest BCUT2D eigenvalue weighted by molar-refractivity contribution is 0.617. The molecule has 5 heteroatoms. The maximum absolute atomic E-state index is 13.2. The smallest absolute Gasteiger partial charge is 0.191 e. The van der Waals surface area contributed by atoms with Crippen molar-refractivity contribution in [1.82, 2.24) is 10.6 Å². The van der Waals surface area contributed by atoms with Crippen LogP contribution in [0.2, 0.25) is 0 Å². The minimum Gasteiger partial charge on any atom is -0.352 e. The Morgan fingerprint density at radius 2 is 1.55 bits per heavy atom. The summed E-state index contributed by atoms with van der Waals surface area (Å²) < 4.78 is 26.1. The monoisotopic (exact) mass is 303 g/mol. The number of aryl methyl sites for hydroxylation is 1. The SMILES string of the molecule is CN=C(NCc1ccc(F)cc1)NCc1ccc(F)c(C)c1. The van der Waals surface area contributed by atoms with Gasteiger partial charge >= 0.3 is 0 Å². The Labute approximate surface area is 129 Å². The highest BCUT2D eigenvalue weighted by molar-refractivity contribution is 5.79. The van der Waals surface area contributed by atoms with Crippen LogP contribution in [0.15, 0.2) is 47.5 Å². The molecular formula is C17H19F2N3. The Morgan fingerprint density at radius 3 is 2.14 bits per heavy atom. The molecule has 0 fully saturated rings. The van der Waals surface area contributed by atoms with E-state index in [0.29, 0.717) is 24.6 Å². The van der Waals surface area contributed by atoms with Gasteiger partial charge in [0.05, 0.1) is 0 Å². The van der Waals surface area contributed by atoms with Crippen LogP contribution >= 0.6 is 0 Å². The summed E-state index contributed by atoms with van der Waals surface area (Å²) in [6.45, 7) is 2.83. The summed E-state index contributed by atoms with van der Waals surface area (Å²) in [6.07, 6.45) is 0. The lowest BCUT2D eigenvalue weighted by Gasteiger charge is -2.12. The maximum atomic E-state index is 13.2. The second kappa shape index (κ2) is 7.54. The molecule has 0 aliphatic carbocycles. The van der Waals surface area contributed by atoms with Crippen LogP contribution in [0.5, 0.6) is 0 Å². The highest BCUT2D eigenvalue weighted by atomic mass is 19.1. The first-order valence-corrected chi connectivity index (χ1v) is 7.02. The molecular weight excluding hydrogens is 284 g/mol. The van der Waals surface area contributed by atoms with Gasteiger partial charge in [0.15, 0.2) is 5.96 Å². The van der Waals surface area contributed by atoms with Gasteiger partial charge in [0.25, 0.3) is 0 Å². The average molecular weight is 303 g/mol. The summed E-state index contributed by atoms with van der Waals surface area (Å²) in [6, 6.07) is 11.3. The topological polar surface area (TPSA) is 36.4 Å². The molecule has 2 N–H and O–H groups in total. The molecule has 0 radical (unpaired) electrons. The van der Waals surface area contributed by atoms with Gasteiger partial charge in [-0.05, 0) is 41.8 Å². The fourth-order valence-electron chi connectivity index (χ4n) is 2.01. The van der Waals surface area contributed by atoms with Gasteiger partial charge in [0.2, 0.25) is 0 Å². The van der Waals surface area contributed by atoms with Crippen molar-refractivity contribution in [2.24, 2.45) is 4.99 Å². The molecule has 0 atom stereocenters. The summed E-state index contributed by atoms with van der Waals surface area (Å²) in [5.74, 6) is 0.173. The van der Waals surface area contributed by atoms with E-state index in [9.17, 15) is 8.78 Å². The standard InChI is InChI=1S/C17H19F2N3/c1-12-9-14(5-8-16(12)19)11-22-17(20-2)21-10-13-3-6-15(18)7-4-13/h3-9H,10-11H2,1-2H3,(H2,20,21,22). The first-order valence-electron chi connectivity index (χ1n) is 7.02. The number of nitrogens with zero attached hydrogens (tertiary/aromatic N) is 1. The van der Waals surface area contributed by atoms with Gasteiger partial charge in [-0.25, -0.2) is 8.78 Å². The number of nitrogens with one attached hydrogen (secondary N) is 2. The predicted octanol–water partition coefficient (Wildman–Crippen LogP) is 3.14. The molecule has 2 aromatic carbocycles. The van der Waals surface area contributed by atoms with Crippen molar-refractivity contribution in [2.75, 3.05) is 7.05 Å². The number of hydrogen-bond donors (Lipinski definition) is 2. The Kier molecular flexibility index (Phi) is 5.47. The van der Waals surface area contributed by atoms with Gasteiger partial charge in [-0.15, -0.1) is 0 Å². The fraction of sp³-hybridized carbons (Fsp3) is 0.235. The molecule has 0 saturated heterocycles. The normalized spacial score (nSPS) is 11.4. The van der Waals surface area contributed by atoms with Crippen molar-refractivity contribution in [2.45, 2.75) is 20.0 Å². The lowest BCUT2D eigenvalue weighted by atomic mass is 10.1. The molecule has 0 aliphatic heterocycles. The third-order valence-electron chi connectivity index (χ3n) is 3.28. The summed E-state index contributed by atoms with van der Waals surface area (Å²) in [4.78, 5) is 4.12. The third-order valence-corrected chi connectivity index (χ3v) is 3.28. The zero-order chi connectivity index (χ0) is 15.9. The molecule has 0 bridgehead atoms. The molecule has 0 spiro atoms. The number of rotatable bonds is 4. The summed E-state index contributed by atoms with van der Waals surface area (Å²) >= 11 is 0. The third kappa shape index (κ3) is 4.55. The second-order valence-corrected chi connectivity index (χ2v) is 4.99. The van der Waals surface area contributed by atoms with E-state index in [1.54, 1.807) is 38.2 Å². The molecule has 2 aromatic rings. The Bertz CT molecular complexity index is 651. The summed E-state index contributed by atoms with van der Waals surface area (Å²) in [7, 11) is 1.68. The zero-order valence-corrected chi connectivity index (χ0v) is 12.7. The van der Waals surface area contributed by atoms with Crippen LogP contribution in [0.25, 0.3) is 0 Å². The molecule has 22 heavy (non-hydrogen) atoms. The van der Waals surface area contributed by atoms with Gasteiger partial charge in [0.1, 0.15) is 11.6 Å². The molecule has 3 nitrogen and oxygen atoms in total. The zero-order valence-electron chi connectivity index (χ0n) is 12.7. The molecule has 0 amide bonds. The maximum Gasteiger partial charge on any atom is 0.191 e. The number of halogens is 2. The molecule has 0 aromatic heterocycles. The van der Waals surface area contributed by atoms with Gasteiger partial charge in [-0.2, -0.15) is 0 Å². The van der Waals surface area contributed by atoms with Crippen LogP contribution in [0.3, 0.4) is 0 Å². The molecule has 0 heterocycles. The van der Waals surface area contributed by atoms with Crippen molar-refractivity contribution < 1.29 is 8.78 Å². The minimum absolute atomic E-state index is 0.206. The van der Waals surface area contributed by atoms with E-state index < -0.39 is 0 Å². The van der Waals surface area contributed by atoms with Crippen molar-refractivity contribution >= 4 is 5.96 Å². The number of aliphatic imine (C=N–C) groups is 1. The average Bonchev–Trinajstić information content (AvgIpc) is 2.52. The summed E-state index contributed by atoms with van der Waals surface area (Å²) in [5, 5.41) is 6.30. The Morgan fingerprint density at radius 1 is 0.955 bits per heavy atom. The Hall–Kier alpha value is -2.43. The van der Waals surface area contributed by atoms with Crippen LogP contribution in [0.1, 0.15) is 16.7 Å². The molecule has 0 aliphatic rings. The van der Waals surface area contributed by atoms with Crippen LogP contribution in [-0.4, -0.2) is 13.0 Å². The van der Waals surface area contributed by atoms with Gasteiger partial charge in [-0.1, -0.05) is 24.3 Å².